The van der Waals surface area contributed by atoms with Crippen molar-refractivity contribution in [2.75, 3.05) is 7.05 Å². The van der Waals surface area contributed by atoms with E-state index in [0.29, 0.717) is 5.02 Å². The summed E-state index contributed by atoms with van der Waals surface area (Å²) in [4.78, 5) is 14.2. The van der Waals surface area contributed by atoms with Crippen molar-refractivity contribution in [3.8, 4) is 5.75 Å². The van der Waals surface area contributed by atoms with Crippen molar-refractivity contribution < 1.29 is 9.90 Å². The Morgan fingerprint density at radius 1 is 1.39 bits per heavy atom. The lowest BCUT2D eigenvalue weighted by molar-refractivity contribution is 0.0603. The predicted molar refractivity (Wildman–Crippen MR) is 72.1 cm³/mol. The Balaban J connectivity index is 2.31. The van der Waals surface area contributed by atoms with Gasteiger partial charge in [-0.1, -0.05) is 30.5 Å². The molecule has 0 heterocycles. The molecule has 2 rings (SSSR count). The van der Waals surface area contributed by atoms with E-state index in [4.69, 9.17) is 11.6 Å². The Morgan fingerprint density at radius 2 is 2.00 bits per heavy atom. The van der Waals surface area contributed by atoms with E-state index in [1.54, 1.807) is 24.1 Å². The fourth-order valence-corrected chi connectivity index (χ4v) is 2.86. The Kier molecular flexibility index (Phi) is 3.53. The van der Waals surface area contributed by atoms with Crippen LogP contribution in [0.1, 0.15) is 43.0 Å². The molecule has 1 fully saturated rings. The van der Waals surface area contributed by atoms with Crippen molar-refractivity contribution in [2.24, 2.45) is 0 Å². The molecule has 18 heavy (non-hydrogen) atoms. The third-order valence-electron chi connectivity index (χ3n) is 4.00. The predicted octanol–water partition coefficient (Wildman–Crippen LogP) is 3.45. The number of amides is 1. The average molecular weight is 268 g/mol. The highest BCUT2D eigenvalue weighted by Gasteiger charge is 2.36. The summed E-state index contributed by atoms with van der Waals surface area (Å²) in [6, 6.07) is 4.75. The van der Waals surface area contributed by atoms with Gasteiger partial charge in [0, 0.05) is 12.6 Å². The second-order valence-electron chi connectivity index (χ2n) is 5.20. The zero-order valence-electron chi connectivity index (χ0n) is 10.7. The highest BCUT2D eigenvalue weighted by molar-refractivity contribution is 6.34. The van der Waals surface area contributed by atoms with Gasteiger partial charge < -0.3 is 10.0 Å². The molecule has 1 N–H and O–H groups in total. The number of aromatic hydroxyl groups is 1. The molecule has 0 aliphatic heterocycles. The third kappa shape index (κ3) is 2.19. The van der Waals surface area contributed by atoms with E-state index in [0.717, 1.165) is 25.7 Å². The van der Waals surface area contributed by atoms with E-state index in [2.05, 4.69) is 6.92 Å². The van der Waals surface area contributed by atoms with Crippen LogP contribution in [0.3, 0.4) is 0 Å². The monoisotopic (exact) mass is 267 g/mol. The summed E-state index contributed by atoms with van der Waals surface area (Å²) in [5, 5.41) is 10.1. The van der Waals surface area contributed by atoms with E-state index in [1.807, 2.05) is 0 Å². The average Bonchev–Trinajstić information content (AvgIpc) is 2.76. The first kappa shape index (κ1) is 13.2. The molecular weight excluding hydrogens is 250 g/mol. The Labute approximate surface area is 112 Å². The smallest absolute Gasteiger partial charge is 0.259 e. The van der Waals surface area contributed by atoms with Crippen molar-refractivity contribution >= 4 is 17.5 Å². The molecule has 0 atom stereocenters. The number of halogens is 1. The Morgan fingerprint density at radius 3 is 2.56 bits per heavy atom. The first-order valence-electron chi connectivity index (χ1n) is 6.21. The second-order valence-corrected chi connectivity index (χ2v) is 5.61. The number of phenolic OH excluding ortho intramolecular Hbond substituents is 1. The van der Waals surface area contributed by atoms with Crippen LogP contribution in [0.25, 0.3) is 0 Å². The van der Waals surface area contributed by atoms with Gasteiger partial charge in [0.1, 0.15) is 5.75 Å². The fourth-order valence-electron chi connectivity index (χ4n) is 2.61. The number of benzene rings is 1. The van der Waals surface area contributed by atoms with Crippen molar-refractivity contribution in [3.05, 3.63) is 28.8 Å². The minimum absolute atomic E-state index is 0.0547. The van der Waals surface area contributed by atoms with Gasteiger partial charge in [-0.2, -0.15) is 0 Å². The number of nitrogens with zero attached hydrogens (tertiary/aromatic N) is 1. The van der Waals surface area contributed by atoms with Gasteiger partial charge in [-0.05, 0) is 31.9 Å². The number of carbonyl (C=O) groups is 1. The van der Waals surface area contributed by atoms with Crippen LogP contribution >= 0.6 is 11.6 Å². The van der Waals surface area contributed by atoms with Crippen LogP contribution in [0, 0.1) is 0 Å². The zero-order valence-corrected chi connectivity index (χ0v) is 11.5. The number of hydrogen-bond donors (Lipinski definition) is 1. The molecule has 0 radical (unpaired) electrons. The molecule has 1 amide bonds. The number of phenols is 1. The van der Waals surface area contributed by atoms with Gasteiger partial charge in [0.15, 0.2) is 0 Å². The van der Waals surface area contributed by atoms with Crippen molar-refractivity contribution in [1.29, 1.82) is 0 Å². The molecule has 1 aromatic carbocycles. The maximum absolute atomic E-state index is 12.5. The van der Waals surface area contributed by atoms with Crippen LogP contribution in [0.2, 0.25) is 5.02 Å². The molecule has 1 saturated carbocycles. The minimum atomic E-state index is -0.206. The molecule has 0 unspecified atom stereocenters. The number of carbonyl (C=O) groups excluding carboxylic acids is 1. The summed E-state index contributed by atoms with van der Waals surface area (Å²) in [5.41, 5.74) is 0.0812. The maximum atomic E-state index is 12.5. The molecule has 1 aromatic rings. The molecule has 3 nitrogen and oxygen atoms in total. The number of hydrogen-bond acceptors (Lipinski definition) is 2. The van der Waals surface area contributed by atoms with Crippen LogP contribution in [0.4, 0.5) is 0 Å². The summed E-state index contributed by atoms with van der Waals surface area (Å²) in [6.45, 7) is 2.09. The lowest BCUT2D eigenvalue weighted by Gasteiger charge is -2.35. The van der Waals surface area contributed by atoms with Gasteiger partial charge in [0.05, 0.1) is 10.6 Å². The minimum Gasteiger partial charge on any atom is -0.507 e. The summed E-state index contributed by atoms with van der Waals surface area (Å²) in [5.74, 6) is -0.261. The standard InChI is InChI=1S/C14H18ClNO2/c1-14(8-3-4-9-14)16(2)13(18)12-10(15)6-5-7-11(12)17/h5-7,17H,3-4,8-9H2,1-2H3. The topological polar surface area (TPSA) is 40.5 Å². The zero-order chi connectivity index (χ0) is 13.3. The first-order chi connectivity index (χ1) is 8.46. The van der Waals surface area contributed by atoms with Gasteiger partial charge >= 0.3 is 0 Å². The molecule has 0 aromatic heterocycles. The highest BCUT2D eigenvalue weighted by Crippen LogP contribution is 2.36. The first-order valence-corrected chi connectivity index (χ1v) is 6.59. The van der Waals surface area contributed by atoms with Crippen LogP contribution in [0.5, 0.6) is 5.75 Å². The molecule has 4 heteroatoms. The second kappa shape index (κ2) is 4.81. The van der Waals surface area contributed by atoms with Gasteiger partial charge in [0.25, 0.3) is 5.91 Å². The summed E-state index contributed by atoms with van der Waals surface area (Å²) in [7, 11) is 1.79. The summed E-state index contributed by atoms with van der Waals surface area (Å²) >= 11 is 6.01. The van der Waals surface area contributed by atoms with Crippen LogP contribution in [-0.4, -0.2) is 28.5 Å². The van der Waals surface area contributed by atoms with Crippen molar-refractivity contribution in [1.82, 2.24) is 4.90 Å². The van der Waals surface area contributed by atoms with E-state index in [9.17, 15) is 9.90 Å². The molecule has 1 aliphatic rings. The quantitative estimate of drug-likeness (QED) is 0.892. The summed E-state index contributed by atoms with van der Waals surface area (Å²) < 4.78 is 0. The van der Waals surface area contributed by atoms with Gasteiger partial charge in [-0.25, -0.2) is 0 Å². The molecule has 0 bridgehead atoms. The largest absolute Gasteiger partial charge is 0.507 e. The molecule has 0 spiro atoms. The van der Waals surface area contributed by atoms with E-state index >= 15 is 0 Å². The molecule has 0 saturated heterocycles. The van der Waals surface area contributed by atoms with Crippen molar-refractivity contribution in [2.45, 2.75) is 38.1 Å². The van der Waals surface area contributed by atoms with Crippen molar-refractivity contribution in [3.63, 3.8) is 0 Å². The van der Waals surface area contributed by atoms with E-state index in [-0.39, 0.29) is 22.8 Å². The summed E-state index contributed by atoms with van der Waals surface area (Å²) in [6.07, 6.45) is 4.28. The lowest BCUT2D eigenvalue weighted by Crippen LogP contribution is -2.45. The van der Waals surface area contributed by atoms with Gasteiger partial charge in [0.2, 0.25) is 0 Å². The van der Waals surface area contributed by atoms with Crippen LogP contribution in [-0.2, 0) is 0 Å². The molecule has 98 valence electrons. The van der Waals surface area contributed by atoms with Gasteiger partial charge in [-0.3, -0.25) is 4.79 Å². The molecular formula is C14H18ClNO2. The fraction of sp³-hybridized carbons (Fsp3) is 0.500. The van der Waals surface area contributed by atoms with E-state index < -0.39 is 0 Å². The third-order valence-corrected chi connectivity index (χ3v) is 4.32. The van der Waals surface area contributed by atoms with Crippen LogP contribution in [0.15, 0.2) is 18.2 Å². The highest BCUT2D eigenvalue weighted by atomic mass is 35.5. The normalized spacial score (nSPS) is 17.7. The maximum Gasteiger partial charge on any atom is 0.259 e. The Bertz CT molecular complexity index is 447. The Hall–Kier alpha value is -1.22. The van der Waals surface area contributed by atoms with Gasteiger partial charge in [-0.15, -0.1) is 0 Å². The number of rotatable bonds is 2. The SMILES string of the molecule is CN(C(=O)c1c(O)cccc1Cl)C1(C)CCCC1. The molecule has 1 aliphatic carbocycles. The van der Waals surface area contributed by atoms with E-state index in [1.165, 1.54) is 6.07 Å². The van der Waals surface area contributed by atoms with Crippen LogP contribution < -0.4 is 0 Å². The lowest BCUT2D eigenvalue weighted by atomic mass is 9.97.